The smallest absolute Gasteiger partial charge is 0.270 e. The molecule has 0 unspecified atom stereocenters. The Morgan fingerprint density at radius 1 is 1.00 bits per heavy atom. The zero-order chi connectivity index (χ0) is 18.7. The quantitative estimate of drug-likeness (QED) is 0.877. The summed E-state index contributed by atoms with van der Waals surface area (Å²) in [7, 11) is 0. The maximum Gasteiger partial charge on any atom is 0.270 e. The number of aryl methyl sites for hydroxylation is 3. The van der Waals surface area contributed by atoms with Gasteiger partial charge >= 0.3 is 0 Å². The number of nitrogens with zero attached hydrogens (tertiary/aromatic N) is 1. The molecule has 1 saturated carbocycles. The molecule has 1 aliphatic carbocycles. The van der Waals surface area contributed by atoms with Crippen molar-refractivity contribution in [1.82, 2.24) is 10.3 Å². The predicted molar refractivity (Wildman–Crippen MR) is 103 cm³/mol. The van der Waals surface area contributed by atoms with Gasteiger partial charge in [-0.05, 0) is 56.9 Å². The highest BCUT2D eigenvalue weighted by atomic mass is 16.2. The van der Waals surface area contributed by atoms with Gasteiger partial charge in [-0.1, -0.05) is 30.5 Å². The van der Waals surface area contributed by atoms with Crippen molar-refractivity contribution in [3.63, 3.8) is 0 Å². The molecule has 0 saturated heterocycles. The first-order valence-corrected chi connectivity index (χ1v) is 9.10. The molecule has 0 aliphatic heterocycles. The van der Waals surface area contributed by atoms with Gasteiger partial charge in [-0.25, -0.2) is 0 Å². The second-order valence-corrected chi connectivity index (χ2v) is 7.11. The number of nitrogens with one attached hydrogen (secondary N) is 2. The molecular formula is C21H25N3O2. The van der Waals surface area contributed by atoms with Gasteiger partial charge in [-0.15, -0.1) is 0 Å². The van der Waals surface area contributed by atoms with E-state index in [1.54, 1.807) is 12.1 Å². The highest BCUT2D eigenvalue weighted by molar-refractivity contribution is 6.06. The van der Waals surface area contributed by atoms with Crippen LogP contribution in [0.2, 0.25) is 0 Å². The number of pyridine rings is 1. The maximum atomic E-state index is 12.7. The Labute approximate surface area is 154 Å². The Morgan fingerprint density at radius 2 is 1.65 bits per heavy atom. The van der Waals surface area contributed by atoms with Gasteiger partial charge in [-0.2, -0.15) is 0 Å². The third kappa shape index (κ3) is 4.10. The van der Waals surface area contributed by atoms with E-state index in [1.165, 1.54) is 6.20 Å². The lowest BCUT2D eigenvalue weighted by atomic mass is 10.0. The standard InChI is InChI=1S/C21H25N3O2/c1-13-10-14(2)19(15(3)11-13)24-20(25)16-8-9-22-18(12-16)21(26)23-17-6-4-5-7-17/h8-12,17H,4-7H2,1-3H3,(H,23,26)(H,24,25). The average Bonchev–Trinajstić information content (AvgIpc) is 3.11. The van der Waals surface area contributed by atoms with Crippen LogP contribution < -0.4 is 10.6 Å². The van der Waals surface area contributed by atoms with Crippen molar-refractivity contribution >= 4 is 17.5 Å². The first-order chi connectivity index (χ1) is 12.4. The lowest BCUT2D eigenvalue weighted by Crippen LogP contribution is -2.33. The van der Waals surface area contributed by atoms with Crippen LogP contribution in [0.25, 0.3) is 0 Å². The van der Waals surface area contributed by atoms with Crippen LogP contribution in [0, 0.1) is 20.8 Å². The molecule has 1 fully saturated rings. The Balaban J connectivity index is 1.75. The summed E-state index contributed by atoms with van der Waals surface area (Å²) in [5, 5.41) is 5.97. The van der Waals surface area contributed by atoms with E-state index in [-0.39, 0.29) is 23.6 Å². The molecule has 0 spiro atoms. The number of amides is 2. The summed E-state index contributed by atoms with van der Waals surface area (Å²) < 4.78 is 0. The lowest BCUT2D eigenvalue weighted by Gasteiger charge is -2.14. The largest absolute Gasteiger partial charge is 0.348 e. The van der Waals surface area contributed by atoms with Crippen molar-refractivity contribution in [2.45, 2.75) is 52.5 Å². The van der Waals surface area contributed by atoms with Crippen LogP contribution in [0.1, 0.15) is 63.2 Å². The molecule has 2 N–H and O–H groups in total. The van der Waals surface area contributed by atoms with Crippen LogP contribution in [0.3, 0.4) is 0 Å². The summed E-state index contributed by atoms with van der Waals surface area (Å²) in [5.41, 5.74) is 4.72. The molecule has 0 radical (unpaired) electrons. The molecule has 5 nitrogen and oxygen atoms in total. The molecule has 2 aromatic rings. The van der Waals surface area contributed by atoms with E-state index in [0.29, 0.717) is 5.56 Å². The zero-order valence-corrected chi connectivity index (χ0v) is 15.6. The summed E-state index contributed by atoms with van der Waals surface area (Å²) in [5.74, 6) is -0.452. The zero-order valence-electron chi connectivity index (χ0n) is 15.6. The van der Waals surface area contributed by atoms with Crippen molar-refractivity contribution in [2.24, 2.45) is 0 Å². The fraction of sp³-hybridized carbons (Fsp3) is 0.381. The topological polar surface area (TPSA) is 71.1 Å². The van der Waals surface area contributed by atoms with Gasteiger partial charge in [0.2, 0.25) is 0 Å². The van der Waals surface area contributed by atoms with Gasteiger partial charge < -0.3 is 10.6 Å². The summed E-state index contributed by atoms with van der Waals surface area (Å²) >= 11 is 0. The minimum absolute atomic E-state index is 0.214. The Morgan fingerprint density at radius 3 is 2.31 bits per heavy atom. The second kappa shape index (κ2) is 7.68. The second-order valence-electron chi connectivity index (χ2n) is 7.11. The van der Waals surface area contributed by atoms with Crippen molar-refractivity contribution in [3.8, 4) is 0 Å². The SMILES string of the molecule is Cc1cc(C)c(NC(=O)c2ccnc(C(=O)NC3CCCC3)c2)c(C)c1. The molecule has 0 atom stereocenters. The molecule has 0 bridgehead atoms. The summed E-state index contributed by atoms with van der Waals surface area (Å²) in [6.07, 6.45) is 5.83. The number of hydrogen-bond donors (Lipinski definition) is 2. The molecular weight excluding hydrogens is 326 g/mol. The Kier molecular flexibility index (Phi) is 5.35. The highest BCUT2D eigenvalue weighted by Crippen LogP contribution is 2.23. The van der Waals surface area contributed by atoms with Crippen molar-refractivity contribution in [1.29, 1.82) is 0 Å². The monoisotopic (exact) mass is 351 g/mol. The van der Waals surface area contributed by atoms with Gasteiger partial charge in [-0.3, -0.25) is 14.6 Å². The van der Waals surface area contributed by atoms with E-state index in [4.69, 9.17) is 0 Å². The van der Waals surface area contributed by atoms with Gasteiger partial charge in [0.15, 0.2) is 0 Å². The van der Waals surface area contributed by atoms with Crippen LogP contribution >= 0.6 is 0 Å². The minimum atomic E-state index is -0.239. The van der Waals surface area contributed by atoms with E-state index < -0.39 is 0 Å². The van der Waals surface area contributed by atoms with Crippen LogP contribution in [0.15, 0.2) is 30.5 Å². The third-order valence-corrected chi connectivity index (χ3v) is 4.86. The number of carbonyl (C=O) groups is 2. The highest BCUT2D eigenvalue weighted by Gasteiger charge is 2.19. The van der Waals surface area contributed by atoms with Crippen molar-refractivity contribution < 1.29 is 9.59 Å². The van der Waals surface area contributed by atoms with E-state index in [1.807, 2.05) is 32.9 Å². The summed E-state index contributed by atoms with van der Waals surface area (Å²) in [6.45, 7) is 5.98. The maximum absolute atomic E-state index is 12.7. The van der Waals surface area contributed by atoms with Gasteiger partial charge in [0, 0.05) is 23.5 Å². The molecule has 3 rings (SSSR count). The van der Waals surface area contributed by atoms with E-state index in [2.05, 4.69) is 15.6 Å². The molecule has 2 amide bonds. The third-order valence-electron chi connectivity index (χ3n) is 4.86. The average molecular weight is 351 g/mol. The van der Waals surface area contributed by atoms with Gasteiger partial charge in [0.25, 0.3) is 11.8 Å². The van der Waals surface area contributed by atoms with Gasteiger partial charge in [0.1, 0.15) is 5.69 Å². The van der Waals surface area contributed by atoms with E-state index in [0.717, 1.165) is 48.1 Å². The van der Waals surface area contributed by atoms with E-state index in [9.17, 15) is 9.59 Å². The first kappa shape index (κ1) is 18.1. The number of rotatable bonds is 4. The van der Waals surface area contributed by atoms with E-state index >= 15 is 0 Å². The van der Waals surface area contributed by atoms with Crippen molar-refractivity contribution in [2.75, 3.05) is 5.32 Å². The molecule has 1 heterocycles. The molecule has 26 heavy (non-hydrogen) atoms. The number of aromatic nitrogens is 1. The van der Waals surface area contributed by atoms with Crippen LogP contribution in [0.4, 0.5) is 5.69 Å². The van der Waals surface area contributed by atoms with Crippen LogP contribution in [0.5, 0.6) is 0 Å². The number of hydrogen-bond acceptors (Lipinski definition) is 3. The Hall–Kier alpha value is -2.69. The lowest BCUT2D eigenvalue weighted by molar-refractivity contribution is 0.0933. The van der Waals surface area contributed by atoms with Crippen LogP contribution in [-0.2, 0) is 0 Å². The minimum Gasteiger partial charge on any atom is -0.348 e. The molecule has 1 aromatic heterocycles. The fourth-order valence-electron chi connectivity index (χ4n) is 3.59. The summed E-state index contributed by atoms with van der Waals surface area (Å²) in [4.78, 5) is 29.2. The molecule has 5 heteroatoms. The summed E-state index contributed by atoms with van der Waals surface area (Å²) in [6, 6.07) is 7.48. The normalized spacial score (nSPS) is 14.3. The molecule has 1 aromatic carbocycles. The number of carbonyl (C=O) groups excluding carboxylic acids is 2. The number of benzene rings is 1. The fourth-order valence-corrected chi connectivity index (χ4v) is 3.59. The molecule has 1 aliphatic rings. The predicted octanol–water partition coefficient (Wildman–Crippen LogP) is 3.93. The number of anilines is 1. The van der Waals surface area contributed by atoms with Crippen molar-refractivity contribution in [3.05, 3.63) is 58.4 Å². The van der Waals surface area contributed by atoms with Gasteiger partial charge in [0.05, 0.1) is 0 Å². The Bertz CT molecular complexity index is 816. The van der Waals surface area contributed by atoms with Crippen LogP contribution in [-0.4, -0.2) is 22.8 Å². The first-order valence-electron chi connectivity index (χ1n) is 9.10. The molecule has 136 valence electrons.